The van der Waals surface area contributed by atoms with Crippen molar-refractivity contribution in [3.8, 4) is 0 Å². The highest BCUT2D eigenvalue weighted by Gasteiger charge is 2.38. The van der Waals surface area contributed by atoms with E-state index in [4.69, 9.17) is 10.2 Å². The van der Waals surface area contributed by atoms with Gasteiger partial charge in [0.15, 0.2) is 0 Å². The van der Waals surface area contributed by atoms with E-state index >= 15 is 0 Å². The Bertz CT molecular complexity index is 151. The lowest BCUT2D eigenvalue weighted by Gasteiger charge is -2.34. The van der Waals surface area contributed by atoms with Crippen molar-refractivity contribution in [2.45, 2.75) is 31.2 Å². The van der Waals surface area contributed by atoms with E-state index in [9.17, 15) is 5.11 Å². The van der Waals surface area contributed by atoms with Crippen molar-refractivity contribution in [1.82, 2.24) is 0 Å². The van der Waals surface area contributed by atoms with Crippen LogP contribution in [0.25, 0.3) is 0 Å². The van der Waals surface area contributed by atoms with Crippen LogP contribution < -0.4 is 0 Å². The van der Waals surface area contributed by atoms with Crippen LogP contribution in [-0.2, 0) is 0 Å². The van der Waals surface area contributed by atoms with Gasteiger partial charge in [-0.3, -0.25) is 0 Å². The molecule has 3 atom stereocenters. The zero-order valence-corrected chi connectivity index (χ0v) is 5.86. The molecular weight excluding hydrogens is 132 g/mol. The summed E-state index contributed by atoms with van der Waals surface area (Å²) >= 11 is 0. The Kier molecular flexibility index (Phi) is 1.81. The third kappa shape index (κ3) is 1.08. The fraction of sp³-hybridized carbons (Fsp3) is 0.714. The number of aliphatic hydroxyl groups excluding tert-OH is 2. The van der Waals surface area contributed by atoms with Crippen LogP contribution >= 0.6 is 0 Å². The molecule has 0 aromatic rings. The Morgan fingerprint density at radius 3 is 2.50 bits per heavy atom. The van der Waals surface area contributed by atoms with E-state index in [-0.39, 0.29) is 0 Å². The fourth-order valence-corrected chi connectivity index (χ4v) is 0.967. The summed E-state index contributed by atoms with van der Waals surface area (Å²) in [6, 6.07) is 0. The Labute approximate surface area is 59.6 Å². The molecule has 0 aromatic heterocycles. The summed E-state index contributed by atoms with van der Waals surface area (Å²) < 4.78 is 0. The minimum absolute atomic E-state index is 0.407. The second-order valence-electron chi connectivity index (χ2n) is 2.85. The number of hydrogen-bond donors (Lipinski definition) is 3. The summed E-state index contributed by atoms with van der Waals surface area (Å²) in [5.41, 5.74) is -1.38. The number of aliphatic hydroxyl groups is 3. The molecule has 0 spiro atoms. The maximum absolute atomic E-state index is 9.36. The Morgan fingerprint density at radius 1 is 1.50 bits per heavy atom. The molecule has 3 N–H and O–H groups in total. The van der Waals surface area contributed by atoms with Crippen molar-refractivity contribution in [1.29, 1.82) is 0 Å². The van der Waals surface area contributed by atoms with Gasteiger partial charge in [-0.15, -0.1) is 0 Å². The van der Waals surface area contributed by atoms with E-state index in [0.717, 1.165) is 0 Å². The molecule has 0 saturated carbocycles. The SMILES string of the molecule is CC1(O)C(O)C=CCC1O. The third-order valence-corrected chi connectivity index (χ3v) is 1.95. The monoisotopic (exact) mass is 144 g/mol. The van der Waals surface area contributed by atoms with Crippen LogP contribution in [-0.4, -0.2) is 33.1 Å². The smallest absolute Gasteiger partial charge is 0.117 e. The van der Waals surface area contributed by atoms with Crippen LogP contribution in [0.2, 0.25) is 0 Å². The zero-order valence-electron chi connectivity index (χ0n) is 5.86. The van der Waals surface area contributed by atoms with Gasteiger partial charge in [0.25, 0.3) is 0 Å². The molecule has 3 unspecified atom stereocenters. The van der Waals surface area contributed by atoms with Gasteiger partial charge in [-0.05, 0) is 13.3 Å². The molecule has 10 heavy (non-hydrogen) atoms. The van der Waals surface area contributed by atoms with Crippen molar-refractivity contribution in [3.05, 3.63) is 12.2 Å². The van der Waals surface area contributed by atoms with Gasteiger partial charge in [0, 0.05) is 0 Å². The highest BCUT2D eigenvalue weighted by Crippen LogP contribution is 2.23. The van der Waals surface area contributed by atoms with Crippen LogP contribution in [0.4, 0.5) is 0 Å². The van der Waals surface area contributed by atoms with E-state index in [1.165, 1.54) is 13.0 Å². The van der Waals surface area contributed by atoms with Gasteiger partial charge in [0.1, 0.15) is 11.7 Å². The number of rotatable bonds is 0. The minimum atomic E-state index is -1.38. The molecular formula is C7H12O3. The van der Waals surface area contributed by atoms with E-state index in [1.54, 1.807) is 6.08 Å². The summed E-state index contributed by atoms with van der Waals surface area (Å²) in [5.74, 6) is 0. The van der Waals surface area contributed by atoms with E-state index in [1.807, 2.05) is 0 Å². The Hall–Kier alpha value is -0.380. The van der Waals surface area contributed by atoms with Gasteiger partial charge >= 0.3 is 0 Å². The van der Waals surface area contributed by atoms with Crippen molar-refractivity contribution in [3.63, 3.8) is 0 Å². The van der Waals surface area contributed by atoms with Crippen LogP contribution in [0, 0.1) is 0 Å². The second kappa shape index (κ2) is 2.34. The predicted octanol–water partition coefficient (Wildman–Crippen LogP) is -0.581. The standard InChI is InChI=1S/C7H12O3/c1-7(10)5(8)3-2-4-6(7)9/h2-3,5-6,8-10H,4H2,1H3. The van der Waals surface area contributed by atoms with Gasteiger partial charge in [0.05, 0.1) is 6.10 Å². The van der Waals surface area contributed by atoms with Gasteiger partial charge < -0.3 is 15.3 Å². The molecule has 1 aliphatic rings. The van der Waals surface area contributed by atoms with Crippen molar-refractivity contribution in [2.24, 2.45) is 0 Å². The van der Waals surface area contributed by atoms with Gasteiger partial charge in [-0.25, -0.2) is 0 Å². The summed E-state index contributed by atoms with van der Waals surface area (Å²) in [4.78, 5) is 0. The fourth-order valence-electron chi connectivity index (χ4n) is 0.967. The maximum Gasteiger partial charge on any atom is 0.117 e. The molecule has 0 bridgehead atoms. The number of hydrogen-bond acceptors (Lipinski definition) is 3. The molecule has 3 nitrogen and oxygen atoms in total. The summed E-state index contributed by atoms with van der Waals surface area (Å²) in [5, 5.41) is 27.6. The first-order valence-corrected chi connectivity index (χ1v) is 3.30. The van der Waals surface area contributed by atoms with Gasteiger partial charge in [0.2, 0.25) is 0 Å². The minimum Gasteiger partial charge on any atom is -0.390 e. The summed E-state index contributed by atoms with van der Waals surface area (Å²) in [6.45, 7) is 1.42. The van der Waals surface area contributed by atoms with E-state index < -0.39 is 17.8 Å². The molecule has 0 saturated heterocycles. The van der Waals surface area contributed by atoms with Crippen LogP contribution in [0.5, 0.6) is 0 Å². The predicted molar refractivity (Wildman–Crippen MR) is 36.4 cm³/mol. The highest BCUT2D eigenvalue weighted by atomic mass is 16.4. The van der Waals surface area contributed by atoms with Gasteiger partial charge in [-0.1, -0.05) is 12.2 Å². The molecule has 1 aliphatic carbocycles. The van der Waals surface area contributed by atoms with Crippen molar-refractivity contribution in [2.75, 3.05) is 0 Å². The van der Waals surface area contributed by atoms with Crippen LogP contribution in [0.1, 0.15) is 13.3 Å². The molecule has 0 heterocycles. The lowest BCUT2D eigenvalue weighted by Crippen LogP contribution is -2.50. The first-order chi connectivity index (χ1) is 4.55. The normalized spacial score (nSPS) is 47.6. The highest BCUT2D eigenvalue weighted by molar-refractivity contribution is 5.08. The molecule has 0 radical (unpaired) electrons. The topological polar surface area (TPSA) is 60.7 Å². The van der Waals surface area contributed by atoms with E-state index in [0.29, 0.717) is 6.42 Å². The third-order valence-electron chi connectivity index (χ3n) is 1.95. The molecule has 0 aromatic carbocycles. The molecule has 3 heteroatoms. The molecule has 0 amide bonds. The summed E-state index contributed by atoms with van der Waals surface area (Å²) in [7, 11) is 0. The first-order valence-electron chi connectivity index (χ1n) is 3.30. The Morgan fingerprint density at radius 2 is 2.10 bits per heavy atom. The first kappa shape index (κ1) is 7.72. The molecule has 0 fully saturated rings. The van der Waals surface area contributed by atoms with E-state index in [2.05, 4.69) is 0 Å². The van der Waals surface area contributed by atoms with Crippen LogP contribution in [0.3, 0.4) is 0 Å². The second-order valence-corrected chi connectivity index (χ2v) is 2.85. The maximum atomic E-state index is 9.36. The lowest BCUT2D eigenvalue weighted by molar-refractivity contribution is -0.122. The summed E-state index contributed by atoms with van der Waals surface area (Å²) in [6.07, 6.45) is 1.76. The average Bonchev–Trinajstić information content (AvgIpc) is 1.84. The van der Waals surface area contributed by atoms with Gasteiger partial charge in [-0.2, -0.15) is 0 Å². The Balaban J connectivity index is 2.78. The van der Waals surface area contributed by atoms with Crippen molar-refractivity contribution < 1.29 is 15.3 Å². The lowest BCUT2D eigenvalue weighted by atomic mass is 9.86. The quantitative estimate of drug-likeness (QED) is 0.398. The van der Waals surface area contributed by atoms with Crippen LogP contribution in [0.15, 0.2) is 12.2 Å². The zero-order chi connectivity index (χ0) is 7.78. The molecule has 1 rings (SSSR count). The average molecular weight is 144 g/mol. The largest absolute Gasteiger partial charge is 0.390 e. The molecule has 0 aliphatic heterocycles. The molecule has 58 valence electrons. The van der Waals surface area contributed by atoms with Crippen molar-refractivity contribution >= 4 is 0 Å².